The van der Waals surface area contributed by atoms with Crippen LogP contribution >= 0.6 is 11.6 Å². The summed E-state index contributed by atoms with van der Waals surface area (Å²) in [7, 11) is 0. The van der Waals surface area contributed by atoms with Gasteiger partial charge in [-0.15, -0.1) is 0 Å². The lowest BCUT2D eigenvalue weighted by Crippen LogP contribution is -2.53. The molecule has 0 saturated heterocycles. The van der Waals surface area contributed by atoms with Gasteiger partial charge in [-0.2, -0.15) is 0 Å². The molecule has 0 aromatic heterocycles. The molecule has 1 aromatic carbocycles. The molecule has 0 bridgehead atoms. The minimum Gasteiger partial charge on any atom is -0.330 e. The smallest absolute Gasteiger partial charge is 0.274 e. The van der Waals surface area contributed by atoms with Crippen LogP contribution in [0.5, 0.6) is 0 Å². The number of nitrogens with zero attached hydrogens (tertiary/aromatic N) is 1. The number of rotatable bonds is 3. The van der Waals surface area contributed by atoms with Gasteiger partial charge in [0.25, 0.3) is 5.69 Å². The molecule has 0 radical (unpaired) electrons. The lowest BCUT2D eigenvalue weighted by molar-refractivity contribution is -0.386. The van der Waals surface area contributed by atoms with Crippen LogP contribution in [-0.2, 0) is 5.41 Å². The van der Waals surface area contributed by atoms with Crippen molar-refractivity contribution < 1.29 is 13.7 Å². The normalized spacial score (nSPS) is 20.2. The van der Waals surface area contributed by atoms with E-state index in [0.29, 0.717) is 0 Å². The van der Waals surface area contributed by atoms with Crippen molar-refractivity contribution in [3.05, 3.63) is 38.9 Å². The third-order valence-corrected chi connectivity index (χ3v) is 3.55. The Balaban J connectivity index is 2.47. The maximum atomic E-state index is 13.1. The molecule has 2 rings (SSSR count). The van der Waals surface area contributed by atoms with Crippen LogP contribution < -0.4 is 5.73 Å². The molecule has 0 unspecified atom stereocenters. The van der Waals surface area contributed by atoms with Gasteiger partial charge in [-0.05, 0) is 6.07 Å². The highest BCUT2D eigenvalue weighted by Gasteiger charge is 2.58. The third-order valence-electron chi connectivity index (χ3n) is 3.31. The molecule has 18 heavy (non-hydrogen) atoms. The minimum absolute atomic E-state index is 0.0505. The summed E-state index contributed by atoms with van der Waals surface area (Å²) < 4.78 is 26.1. The summed E-state index contributed by atoms with van der Waals surface area (Å²) in [6.07, 6.45) is -0.919. The van der Waals surface area contributed by atoms with Gasteiger partial charge in [0.15, 0.2) is 0 Å². The van der Waals surface area contributed by atoms with Crippen molar-refractivity contribution in [2.75, 3.05) is 6.54 Å². The van der Waals surface area contributed by atoms with E-state index in [-0.39, 0.29) is 22.8 Å². The first-order valence-corrected chi connectivity index (χ1v) is 5.70. The zero-order valence-electron chi connectivity index (χ0n) is 9.33. The van der Waals surface area contributed by atoms with Gasteiger partial charge in [0, 0.05) is 41.5 Å². The second-order valence-electron chi connectivity index (χ2n) is 4.61. The molecule has 7 heteroatoms. The van der Waals surface area contributed by atoms with Gasteiger partial charge >= 0.3 is 0 Å². The van der Waals surface area contributed by atoms with Crippen molar-refractivity contribution in [1.29, 1.82) is 0 Å². The zero-order chi connectivity index (χ0) is 13.6. The molecule has 1 aliphatic rings. The predicted molar refractivity (Wildman–Crippen MR) is 63.0 cm³/mol. The Morgan fingerprint density at radius 3 is 2.50 bits per heavy atom. The molecule has 1 aliphatic carbocycles. The molecule has 1 aromatic rings. The second kappa shape index (κ2) is 4.13. The maximum Gasteiger partial charge on any atom is 0.274 e. The number of nitrogens with two attached hydrogens (primary N) is 1. The summed E-state index contributed by atoms with van der Waals surface area (Å²) in [5, 5.41) is 11.2. The highest BCUT2D eigenvalue weighted by molar-refractivity contribution is 6.30. The Morgan fingerprint density at radius 2 is 2.06 bits per heavy atom. The Bertz CT molecular complexity index is 500. The van der Waals surface area contributed by atoms with E-state index >= 15 is 0 Å². The van der Waals surface area contributed by atoms with Crippen molar-refractivity contribution in [2.45, 2.75) is 24.2 Å². The van der Waals surface area contributed by atoms with Crippen molar-refractivity contribution in [2.24, 2.45) is 5.73 Å². The van der Waals surface area contributed by atoms with Crippen LogP contribution in [0, 0.1) is 10.1 Å². The molecule has 1 saturated carbocycles. The summed E-state index contributed by atoms with van der Waals surface area (Å²) in [4.78, 5) is 10.3. The molecule has 0 aliphatic heterocycles. The Kier molecular flexibility index (Phi) is 3.03. The van der Waals surface area contributed by atoms with Gasteiger partial charge < -0.3 is 5.73 Å². The van der Waals surface area contributed by atoms with Crippen LogP contribution in [0.2, 0.25) is 5.02 Å². The van der Waals surface area contributed by atoms with E-state index in [9.17, 15) is 18.9 Å². The molecule has 98 valence electrons. The molecule has 0 atom stereocenters. The zero-order valence-corrected chi connectivity index (χ0v) is 10.1. The number of halogens is 3. The fourth-order valence-electron chi connectivity index (χ4n) is 2.49. The van der Waals surface area contributed by atoms with Gasteiger partial charge in [-0.1, -0.05) is 17.7 Å². The fourth-order valence-corrected chi connectivity index (χ4v) is 2.65. The van der Waals surface area contributed by atoms with Crippen molar-refractivity contribution in [3.63, 3.8) is 0 Å². The van der Waals surface area contributed by atoms with Crippen molar-refractivity contribution >= 4 is 17.3 Å². The summed E-state index contributed by atoms with van der Waals surface area (Å²) in [5.41, 5.74) is 4.52. The van der Waals surface area contributed by atoms with E-state index in [1.54, 1.807) is 0 Å². The van der Waals surface area contributed by atoms with Crippen LogP contribution in [0.4, 0.5) is 14.5 Å². The van der Waals surface area contributed by atoms with Crippen LogP contribution in [0.1, 0.15) is 18.4 Å². The Hall–Kier alpha value is -1.27. The lowest BCUT2D eigenvalue weighted by atomic mass is 9.61. The summed E-state index contributed by atoms with van der Waals surface area (Å²) in [6.45, 7) is -0.0505. The lowest BCUT2D eigenvalue weighted by Gasteiger charge is -2.46. The van der Waals surface area contributed by atoms with E-state index in [1.165, 1.54) is 18.2 Å². The van der Waals surface area contributed by atoms with Gasteiger partial charge in [-0.3, -0.25) is 10.1 Å². The topological polar surface area (TPSA) is 69.2 Å². The Morgan fingerprint density at radius 1 is 1.44 bits per heavy atom. The number of benzene rings is 1. The van der Waals surface area contributed by atoms with E-state index in [4.69, 9.17) is 17.3 Å². The minimum atomic E-state index is -2.80. The van der Waals surface area contributed by atoms with Crippen LogP contribution in [0.15, 0.2) is 18.2 Å². The van der Waals surface area contributed by atoms with Gasteiger partial charge in [-0.25, -0.2) is 8.78 Å². The largest absolute Gasteiger partial charge is 0.330 e. The molecule has 1 fully saturated rings. The maximum absolute atomic E-state index is 13.1. The average molecular weight is 277 g/mol. The first-order chi connectivity index (χ1) is 8.30. The van der Waals surface area contributed by atoms with Crippen LogP contribution in [0.25, 0.3) is 0 Å². The highest BCUT2D eigenvalue weighted by atomic mass is 35.5. The molecule has 4 nitrogen and oxygen atoms in total. The predicted octanol–water partition coefficient (Wildman–Crippen LogP) is 2.87. The van der Waals surface area contributed by atoms with Gasteiger partial charge in [0.05, 0.1) is 4.92 Å². The first kappa shape index (κ1) is 13.2. The number of nitro groups is 1. The van der Waals surface area contributed by atoms with E-state index in [1.807, 2.05) is 0 Å². The molecular weight excluding hydrogens is 266 g/mol. The van der Waals surface area contributed by atoms with Crippen LogP contribution in [0.3, 0.4) is 0 Å². The molecule has 0 heterocycles. The summed E-state index contributed by atoms with van der Waals surface area (Å²) >= 11 is 5.69. The number of alkyl halides is 2. The SMILES string of the molecule is NCC1(c2ccc(Cl)cc2[N+](=O)[O-])CC(F)(F)C1. The van der Waals surface area contributed by atoms with E-state index in [0.717, 1.165) is 0 Å². The van der Waals surface area contributed by atoms with Crippen molar-refractivity contribution in [3.8, 4) is 0 Å². The van der Waals surface area contributed by atoms with Gasteiger partial charge in [0.2, 0.25) is 5.92 Å². The number of nitro benzene ring substituents is 1. The number of hydrogen-bond acceptors (Lipinski definition) is 3. The molecule has 2 N–H and O–H groups in total. The quantitative estimate of drug-likeness (QED) is 0.682. The molecular formula is C11H11ClF2N2O2. The average Bonchev–Trinajstić information content (AvgIpc) is 2.25. The fraction of sp³-hybridized carbons (Fsp3) is 0.455. The third kappa shape index (κ3) is 2.06. The van der Waals surface area contributed by atoms with Gasteiger partial charge in [0.1, 0.15) is 0 Å². The first-order valence-electron chi connectivity index (χ1n) is 5.32. The summed E-state index contributed by atoms with van der Waals surface area (Å²) in [5.74, 6) is -2.80. The van der Waals surface area contributed by atoms with E-state index < -0.39 is 29.1 Å². The second-order valence-corrected chi connectivity index (χ2v) is 5.05. The van der Waals surface area contributed by atoms with E-state index in [2.05, 4.69) is 0 Å². The van der Waals surface area contributed by atoms with Crippen molar-refractivity contribution in [1.82, 2.24) is 0 Å². The van der Waals surface area contributed by atoms with Crippen LogP contribution in [-0.4, -0.2) is 17.4 Å². The standard InChI is InChI=1S/C11H11ClF2N2O2/c12-7-1-2-8(9(3-7)16(17)18)10(6-15)4-11(13,14)5-10/h1-3H,4-6,15H2. The highest BCUT2D eigenvalue weighted by Crippen LogP contribution is 2.54. The molecule has 0 spiro atoms. The monoisotopic (exact) mass is 276 g/mol. The number of hydrogen-bond donors (Lipinski definition) is 1. The summed E-state index contributed by atoms with van der Waals surface area (Å²) in [6, 6.07) is 4.05. The molecule has 0 amide bonds. The Labute approximate surface area is 107 Å².